The minimum Gasteiger partial charge on any atom is -0.482 e. The molecule has 198 valence electrons. The molecule has 0 aromatic heterocycles. The zero-order valence-electron chi connectivity index (χ0n) is 20.4. The first kappa shape index (κ1) is 27.3. The minimum atomic E-state index is -4.77. The van der Waals surface area contributed by atoms with Gasteiger partial charge in [0.1, 0.15) is 23.4 Å². The van der Waals surface area contributed by atoms with Gasteiger partial charge in [0.15, 0.2) is 0 Å². The van der Waals surface area contributed by atoms with Crippen LogP contribution >= 0.6 is 11.8 Å². The molecule has 1 saturated heterocycles. The molecule has 3 aromatic rings. The normalized spacial score (nSPS) is 16.3. The zero-order chi connectivity index (χ0) is 26.5. The average Bonchev–Trinajstić information content (AvgIpc) is 2.86. The Bertz CT molecular complexity index is 1160. The van der Waals surface area contributed by atoms with E-state index in [-0.39, 0.29) is 0 Å². The van der Waals surface area contributed by atoms with E-state index in [0.717, 1.165) is 23.4 Å². The molecule has 1 heterocycles. The van der Waals surface area contributed by atoms with Crippen LogP contribution in [0.15, 0.2) is 71.6 Å². The fourth-order valence-corrected chi connectivity index (χ4v) is 5.04. The molecule has 1 aliphatic rings. The van der Waals surface area contributed by atoms with E-state index in [4.69, 9.17) is 9.47 Å². The standard InChI is InChI=1S/C28H29F4NO3S/c1-2-37-23-10-3-19(4-11-23)17-26(34)33-21-6-8-22(9-7-21)36-27(13-15-35-16-14-27)20-5-12-24(25(29)18-20)28(30,31)32/h3-12,18,26,33-34H,2,13-17H2,1H3. The third kappa shape index (κ3) is 6.97. The van der Waals surface area contributed by atoms with Crippen LogP contribution in [0.1, 0.15) is 36.5 Å². The number of alkyl halides is 3. The van der Waals surface area contributed by atoms with Crippen molar-refractivity contribution in [3.8, 4) is 5.75 Å². The molecule has 0 bridgehead atoms. The van der Waals surface area contributed by atoms with Crippen molar-refractivity contribution in [2.24, 2.45) is 0 Å². The highest BCUT2D eigenvalue weighted by atomic mass is 32.2. The second-order valence-corrected chi connectivity index (χ2v) is 10.2. The van der Waals surface area contributed by atoms with Crippen molar-refractivity contribution < 1.29 is 32.1 Å². The zero-order valence-corrected chi connectivity index (χ0v) is 21.2. The van der Waals surface area contributed by atoms with Crippen molar-refractivity contribution in [3.63, 3.8) is 0 Å². The molecular formula is C28H29F4NO3S. The molecule has 0 aliphatic carbocycles. The fraction of sp³-hybridized carbons (Fsp3) is 0.357. The Morgan fingerprint density at radius 2 is 1.70 bits per heavy atom. The molecule has 0 spiro atoms. The number of hydrogen-bond donors (Lipinski definition) is 2. The van der Waals surface area contributed by atoms with E-state index in [1.165, 1.54) is 11.0 Å². The number of thioether (sulfide) groups is 1. The summed E-state index contributed by atoms with van der Waals surface area (Å²) in [5.74, 6) is 0.150. The first-order valence-electron chi connectivity index (χ1n) is 12.1. The van der Waals surface area contributed by atoms with Crippen LogP contribution in [-0.4, -0.2) is 30.3 Å². The summed E-state index contributed by atoms with van der Waals surface area (Å²) in [5.41, 5.74) is -0.296. The van der Waals surface area contributed by atoms with Crippen LogP contribution in [0.3, 0.4) is 0 Å². The van der Waals surface area contributed by atoms with Crippen molar-refractivity contribution in [2.45, 2.75) is 49.1 Å². The number of anilines is 1. The SMILES string of the molecule is CCSc1ccc(CC(O)Nc2ccc(OC3(c4ccc(C(F)(F)F)c(F)c4)CCOCC3)cc2)cc1. The lowest BCUT2D eigenvalue weighted by Crippen LogP contribution is -2.39. The summed E-state index contributed by atoms with van der Waals surface area (Å²) in [4.78, 5) is 1.19. The number of hydrogen-bond acceptors (Lipinski definition) is 5. The van der Waals surface area contributed by atoms with Gasteiger partial charge in [0.05, 0.1) is 18.8 Å². The maximum atomic E-state index is 14.4. The van der Waals surface area contributed by atoms with Crippen molar-refractivity contribution in [2.75, 3.05) is 24.3 Å². The molecule has 1 aliphatic heterocycles. The third-order valence-corrected chi connectivity index (χ3v) is 7.16. The van der Waals surface area contributed by atoms with Gasteiger partial charge in [-0.25, -0.2) is 4.39 Å². The molecule has 3 aromatic carbocycles. The quantitative estimate of drug-likeness (QED) is 0.175. The second-order valence-electron chi connectivity index (χ2n) is 8.87. The van der Waals surface area contributed by atoms with Crippen LogP contribution < -0.4 is 10.1 Å². The van der Waals surface area contributed by atoms with Crippen LogP contribution in [-0.2, 0) is 22.9 Å². The van der Waals surface area contributed by atoms with E-state index in [2.05, 4.69) is 12.2 Å². The molecule has 0 radical (unpaired) electrons. The predicted octanol–water partition coefficient (Wildman–Crippen LogP) is 7.01. The summed E-state index contributed by atoms with van der Waals surface area (Å²) in [6, 6.07) is 17.9. The highest BCUT2D eigenvalue weighted by molar-refractivity contribution is 7.99. The molecule has 37 heavy (non-hydrogen) atoms. The van der Waals surface area contributed by atoms with Gasteiger partial charge in [0.2, 0.25) is 0 Å². The minimum absolute atomic E-state index is 0.335. The first-order valence-corrected chi connectivity index (χ1v) is 13.1. The maximum Gasteiger partial charge on any atom is 0.419 e. The summed E-state index contributed by atoms with van der Waals surface area (Å²) in [7, 11) is 0. The summed E-state index contributed by atoms with van der Waals surface area (Å²) < 4.78 is 65.2. The Balaban J connectivity index is 1.44. The largest absolute Gasteiger partial charge is 0.482 e. The topological polar surface area (TPSA) is 50.7 Å². The van der Waals surface area contributed by atoms with Gasteiger partial charge < -0.3 is 19.9 Å². The molecule has 1 atom stereocenters. The Hall–Kier alpha value is -2.75. The smallest absolute Gasteiger partial charge is 0.419 e. The lowest BCUT2D eigenvalue weighted by molar-refractivity contribution is -0.140. The average molecular weight is 536 g/mol. The number of benzene rings is 3. The van der Waals surface area contributed by atoms with Gasteiger partial charge in [-0.15, -0.1) is 11.8 Å². The monoisotopic (exact) mass is 535 g/mol. The third-order valence-electron chi connectivity index (χ3n) is 6.27. The number of aliphatic hydroxyl groups excluding tert-OH is 1. The van der Waals surface area contributed by atoms with Gasteiger partial charge in [-0.1, -0.05) is 25.1 Å². The van der Waals surface area contributed by atoms with Crippen LogP contribution in [0.25, 0.3) is 0 Å². The molecule has 4 rings (SSSR count). The van der Waals surface area contributed by atoms with Crippen LogP contribution in [0.2, 0.25) is 0 Å². The molecule has 4 nitrogen and oxygen atoms in total. The van der Waals surface area contributed by atoms with Gasteiger partial charge in [0.25, 0.3) is 0 Å². The summed E-state index contributed by atoms with van der Waals surface area (Å²) >= 11 is 1.76. The summed E-state index contributed by atoms with van der Waals surface area (Å²) in [6.45, 7) is 2.78. The van der Waals surface area contributed by atoms with Gasteiger partial charge >= 0.3 is 6.18 Å². The Labute approximate surface area is 218 Å². The molecule has 1 unspecified atom stereocenters. The Morgan fingerprint density at radius 1 is 1.03 bits per heavy atom. The number of rotatable bonds is 9. The van der Waals surface area contributed by atoms with E-state index in [1.807, 2.05) is 24.3 Å². The van der Waals surface area contributed by atoms with Crippen LogP contribution in [0.5, 0.6) is 5.75 Å². The molecule has 1 fully saturated rings. The molecule has 0 saturated carbocycles. The summed E-state index contributed by atoms with van der Waals surface area (Å²) in [6.07, 6.45) is -4.40. The molecule has 0 amide bonds. The number of nitrogens with one attached hydrogen (secondary N) is 1. The molecular weight excluding hydrogens is 506 g/mol. The van der Waals surface area contributed by atoms with Gasteiger partial charge in [-0.2, -0.15) is 13.2 Å². The highest BCUT2D eigenvalue weighted by Crippen LogP contribution is 2.40. The predicted molar refractivity (Wildman–Crippen MR) is 136 cm³/mol. The number of ether oxygens (including phenoxy) is 2. The van der Waals surface area contributed by atoms with Crippen molar-refractivity contribution >= 4 is 17.4 Å². The van der Waals surface area contributed by atoms with Crippen molar-refractivity contribution in [3.05, 3.63) is 89.2 Å². The summed E-state index contributed by atoms with van der Waals surface area (Å²) in [5, 5.41) is 13.5. The van der Waals surface area contributed by atoms with Gasteiger partial charge in [-0.3, -0.25) is 0 Å². The van der Waals surface area contributed by atoms with E-state index >= 15 is 0 Å². The number of halogens is 4. The Morgan fingerprint density at radius 3 is 2.30 bits per heavy atom. The van der Waals surface area contributed by atoms with E-state index < -0.39 is 29.4 Å². The van der Waals surface area contributed by atoms with Gasteiger partial charge in [0, 0.05) is 29.8 Å². The second kappa shape index (κ2) is 11.8. The van der Waals surface area contributed by atoms with Crippen molar-refractivity contribution in [1.29, 1.82) is 0 Å². The number of aliphatic hydroxyl groups is 1. The van der Waals surface area contributed by atoms with E-state index in [0.29, 0.717) is 49.5 Å². The molecule has 2 N–H and O–H groups in total. The van der Waals surface area contributed by atoms with Crippen LogP contribution in [0.4, 0.5) is 23.2 Å². The fourth-order valence-electron chi connectivity index (χ4n) is 4.38. The van der Waals surface area contributed by atoms with Gasteiger partial charge in [-0.05, 0) is 65.4 Å². The van der Waals surface area contributed by atoms with Crippen molar-refractivity contribution in [1.82, 2.24) is 0 Å². The van der Waals surface area contributed by atoms with E-state index in [9.17, 15) is 22.7 Å². The Kier molecular flexibility index (Phi) is 8.67. The van der Waals surface area contributed by atoms with Crippen LogP contribution in [0, 0.1) is 5.82 Å². The highest BCUT2D eigenvalue weighted by Gasteiger charge is 2.40. The first-order chi connectivity index (χ1) is 17.7. The lowest BCUT2D eigenvalue weighted by atomic mass is 9.85. The maximum absolute atomic E-state index is 14.4. The lowest BCUT2D eigenvalue weighted by Gasteiger charge is -2.38. The van der Waals surface area contributed by atoms with E-state index in [1.54, 1.807) is 36.0 Å². The molecule has 9 heteroatoms.